The van der Waals surface area contributed by atoms with Crippen LogP contribution in [0.15, 0.2) is 59.0 Å². The fourth-order valence-corrected chi connectivity index (χ4v) is 2.59. The number of benzene rings is 2. The fourth-order valence-electron chi connectivity index (χ4n) is 2.59. The molecule has 0 spiro atoms. The molecule has 5 heteroatoms. The van der Waals surface area contributed by atoms with E-state index in [4.69, 9.17) is 9.15 Å². The lowest BCUT2D eigenvalue weighted by Gasteiger charge is -2.16. The Morgan fingerprint density at radius 1 is 1.24 bits per heavy atom. The molecule has 1 heterocycles. The maximum atomic E-state index is 12.2. The van der Waals surface area contributed by atoms with Gasteiger partial charge >= 0.3 is 0 Å². The standard InChI is InChI=1S/C20H20N2O3/c1-3-16(14-8-10-15(24-2)11-9-14)21-19(23)12-13-20-22-17-6-4-5-7-18(17)25-20/h4-13,16H,3H2,1-2H3,(H,21,23)/b13-12+. The molecule has 0 aliphatic heterocycles. The molecule has 1 N–H and O–H groups in total. The van der Waals surface area contributed by atoms with Crippen LogP contribution in [0.3, 0.4) is 0 Å². The smallest absolute Gasteiger partial charge is 0.244 e. The van der Waals surface area contributed by atoms with Gasteiger partial charge in [-0.15, -0.1) is 0 Å². The SMILES string of the molecule is CCC(NC(=O)/C=C/c1nc2ccccc2o1)c1ccc(OC)cc1. The molecule has 128 valence electrons. The molecule has 1 atom stereocenters. The molecule has 0 aliphatic rings. The number of hydrogen-bond acceptors (Lipinski definition) is 4. The number of hydrogen-bond donors (Lipinski definition) is 1. The van der Waals surface area contributed by atoms with E-state index in [1.807, 2.05) is 55.5 Å². The number of methoxy groups -OCH3 is 1. The molecule has 3 aromatic rings. The minimum absolute atomic E-state index is 0.0633. The third kappa shape index (κ3) is 4.07. The van der Waals surface area contributed by atoms with Crippen LogP contribution < -0.4 is 10.1 Å². The highest BCUT2D eigenvalue weighted by Gasteiger charge is 2.11. The quantitative estimate of drug-likeness (QED) is 0.688. The molecule has 2 aromatic carbocycles. The number of para-hydroxylation sites is 2. The Balaban J connectivity index is 1.66. The molecule has 25 heavy (non-hydrogen) atoms. The zero-order valence-corrected chi connectivity index (χ0v) is 14.2. The number of ether oxygens (including phenoxy) is 1. The lowest BCUT2D eigenvalue weighted by Crippen LogP contribution is -2.26. The van der Waals surface area contributed by atoms with Crippen molar-refractivity contribution in [3.8, 4) is 5.75 Å². The number of amides is 1. The van der Waals surface area contributed by atoms with Gasteiger partial charge in [0.25, 0.3) is 0 Å². The van der Waals surface area contributed by atoms with E-state index in [9.17, 15) is 4.79 Å². The average molecular weight is 336 g/mol. The molecular formula is C20H20N2O3. The first kappa shape index (κ1) is 16.8. The lowest BCUT2D eigenvalue weighted by molar-refractivity contribution is -0.117. The number of carbonyl (C=O) groups is 1. The number of carbonyl (C=O) groups excluding carboxylic acids is 1. The summed E-state index contributed by atoms with van der Waals surface area (Å²) in [6.45, 7) is 2.03. The molecule has 0 radical (unpaired) electrons. The average Bonchev–Trinajstić information content (AvgIpc) is 3.07. The third-order valence-electron chi connectivity index (χ3n) is 3.93. The second-order valence-electron chi connectivity index (χ2n) is 5.60. The van der Waals surface area contributed by atoms with Gasteiger partial charge in [0.05, 0.1) is 13.2 Å². The van der Waals surface area contributed by atoms with Crippen LogP contribution in [0.25, 0.3) is 17.2 Å². The van der Waals surface area contributed by atoms with E-state index in [-0.39, 0.29) is 11.9 Å². The first-order valence-corrected chi connectivity index (χ1v) is 8.17. The van der Waals surface area contributed by atoms with Gasteiger partial charge in [-0.3, -0.25) is 4.79 Å². The molecule has 1 aromatic heterocycles. The number of rotatable bonds is 6. The minimum Gasteiger partial charge on any atom is -0.497 e. The van der Waals surface area contributed by atoms with E-state index in [1.54, 1.807) is 13.2 Å². The van der Waals surface area contributed by atoms with Crippen LogP contribution in [0.4, 0.5) is 0 Å². The largest absolute Gasteiger partial charge is 0.497 e. The Morgan fingerprint density at radius 3 is 2.68 bits per heavy atom. The van der Waals surface area contributed by atoms with Crippen molar-refractivity contribution in [3.05, 3.63) is 66.1 Å². The Morgan fingerprint density at radius 2 is 2.00 bits per heavy atom. The van der Waals surface area contributed by atoms with Gasteiger partial charge in [-0.05, 0) is 36.2 Å². The molecule has 1 unspecified atom stereocenters. The van der Waals surface area contributed by atoms with Gasteiger partial charge < -0.3 is 14.5 Å². The van der Waals surface area contributed by atoms with Gasteiger partial charge in [0, 0.05) is 12.2 Å². The Labute approximate surface area is 146 Å². The van der Waals surface area contributed by atoms with Gasteiger partial charge in [0.2, 0.25) is 11.8 Å². The molecular weight excluding hydrogens is 316 g/mol. The summed E-state index contributed by atoms with van der Waals surface area (Å²) < 4.78 is 10.7. The van der Waals surface area contributed by atoms with E-state index in [1.165, 1.54) is 6.08 Å². The van der Waals surface area contributed by atoms with Crippen molar-refractivity contribution in [3.63, 3.8) is 0 Å². The Bertz CT molecular complexity index is 848. The summed E-state index contributed by atoms with van der Waals surface area (Å²) in [6.07, 6.45) is 3.81. The predicted molar refractivity (Wildman–Crippen MR) is 97.2 cm³/mol. The second-order valence-corrected chi connectivity index (χ2v) is 5.60. The van der Waals surface area contributed by atoms with Crippen LogP contribution in [-0.2, 0) is 4.79 Å². The van der Waals surface area contributed by atoms with Gasteiger partial charge in [-0.1, -0.05) is 31.2 Å². The van der Waals surface area contributed by atoms with Crippen LogP contribution >= 0.6 is 0 Å². The topological polar surface area (TPSA) is 64.4 Å². The molecule has 0 saturated heterocycles. The van der Waals surface area contributed by atoms with E-state index in [0.717, 1.165) is 23.3 Å². The molecule has 0 aliphatic carbocycles. The van der Waals surface area contributed by atoms with Crippen molar-refractivity contribution >= 4 is 23.1 Å². The number of oxazole rings is 1. The first-order chi connectivity index (χ1) is 12.2. The van der Waals surface area contributed by atoms with Crippen molar-refractivity contribution in [2.45, 2.75) is 19.4 Å². The normalized spacial score (nSPS) is 12.4. The van der Waals surface area contributed by atoms with Crippen molar-refractivity contribution < 1.29 is 13.9 Å². The fraction of sp³-hybridized carbons (Fsp3) is 0.200. The van der Waals surface area contributed by atoms with Crippen LogP contribution in [0.5, 0.6) is 5.75 Å². The maximum Gasteiger partial charge on any atom is 0.244 e. The van der Waals surface area contributed by atoms with Crippen molar-refractivity contribution in [1.29, 1.82) is 0 Å². The first-order valence-electron chi connectivity index (χ1n) is 8.17. The van der Waals surface area contributed by atoms with Crippen molar-refractivity contribution in [1.82, 2.24) is 10.3 Å². The number of nitrogens with zero attached hydrogens (tertiary/aromatic N) is 1. The third-order valence-corrected chi connectivity index (χ3v) is 3.93. The van der Waals surface area contributed by atoms with Crippen LogP contribution in [0.1, 0.15) is 30.8 Å². The van der Waals surface area contributed by atoms with E-state index in [0.29, 0.717) is 11.5 Å². The zero-order valence-electron chi connectivity index (χ0n) is 14.2. The van der Waals surface area contributed by atoms with Gasteiger partial charge in [-0.2, -0.15) is 0 Å². The van der Waals surface area contributed by atoms with Gasteiger partial charge in [-0.25, -0.2) is 4.98 Å². The van der Waals surface area contributed by atoms with Crippen molar-refractivity contribution in [2.75, 3.05) is 7.11 Å². The van der Waals surface area contributed by atoms with Crippen molar-refractivity contribution in [2.24, 2.45) is 0 Å². The van der Waals surface area contributed by atoms with Gasteiger partial charge in [0.1, 0.15) is 11.3 Å². The number of fused-ring (bicyclic) bond motifs is 1. The Kier molecular flexibility index (Phi) is 5.14. The van der Waals surface area contributed by atoms with E-state index < -0.39 is 0 Å². The molecule has 5 nitrogen and oxygen atoms in total. The summed E-state index contributed by atoms with van der Waals surface area (Å²) >= 11 is 0. The lowest BCUT2D eigenvalue weighted by atomic mass is 10.0. The van der Waals surface area contributed by atoms with E-state index in [2.05, 4.69) is 10.3 Å². The minimum atomic E-state index is -0.190. The summed E-state index contributed by atoms with van der Waals surface area (Å²) in [5.74, 6) is 1.01. The summed E-state index contributed by atoms with van der Waals surface area (Å²) in [6, 6.07) is 15.1. The summed E-state index contributed by atoms with van der Waals surface area (Å²) in [5.41, 5.74) is 2.51. The molecule has 1 amide bonds. The van der Waals surface area contributed by atoms with Crippen LogP contribution in [0, 0.1) is 0 Å². The number of nitrogens with one attached hydrogen (secondary N) is 1. The predicted octanol–water partition coefficient (Wildman–Crippen LogP) is 4.12. The van der Waals surface area contributed by atoms with E-state index >= 15 is 0 Å². The monoisotopic (exact) mass is 336 g/mol. The number of aromatic nitrogens is 1. The molecule has 0 bridgehead atoms. The van der Waals surface area contributed by atoms with Crippen LogP contribution in [0.2, 0.25) is 0 Å². The highest BCUT2D eigenvalue weighted by Crippen LogP contribution is 2.20. The van der Waals surface area contributed by atoms with Crippen LogP contribution in [-0.4, -0.2) is 18.0 Å². The molecule has 0 fully saturated rings. The highest BCUT2D eigenvalue weighted by molar-refractivity contribution is 5.91. The summed E-state index contributed by atoms with van der Waals surface area (Å²) in [4.78, 5) is 16.5. The second kappa shape index (κ2) is 7.66. The highest BCUT2D eigenvalue weighted by atomic mass is 16.5. The summed E-state index contributed by atoms with van der Waals surface area (Å²) in [7, 11) is 1.63. The zero-order chi connectivity index (χ0) is 17.6. The van der Waals surface area contributed by atoms with Gasteiger partial charge in [0.15, 0.2) is 5.58 Å². The molecule has 0 saturated carbocycles. The summed E-state index contributed by atoms with van der Waals surface area (Å²) in [5, 5.41) is 2.99. The Hall–Kier alpha value is -3.08. The molecule has 3 rings (SSSR count). The maximum absolute atomic E-state index is 12.2.